The number of thiazole rings is 1. The molecule has 0 atom stereocenters. The first-order valence-corrected chi connectivity index (χ1v) is 7.13. The summed E-state index contributed by atoms with van der Waals surface area (Å²) in [6.45, 7) is 0.427. The van der Waals surface area contributed by atoms with E-state index in [1.807, 2.05) is 29.6 Å². The second-order valence-corrected chi connectivity index (χ2v) is 5.75. The molecule has 1 saturated carbocycles. The van der Waals surface area contributed by atoms with Crippen LogP contribution in [-0.4, -0.2) is 17.4 Å². The Labute approximate surface area is 115 Å². The van der Waals surface area contributed by atoms with Crippen molar-refractivity contribution in [2.24, 2.45) is 11.1 Å². The Balaban J connectivity index is 1.71. The van der Waals surface area contributed by atoms with Crippen LogP contribution in [0.15, 0.2) is 35.8 Å². The summed E-state index contributed by atoms with van der Waals surface area (Å²) in [5, 5.41) is 5.86. The molecule has 0 unspecified atom stereocenters. The van der Waals surface area contributed by atoms with Crippen LogP contribution in [0.4, 0.5) is 5.69 Å². The van der Waals surface area contributed by atoms with E-state index in [9.17, 15) is 4.79 Å². The molecule has 3 rings (SSSR count). The summed E-state index contributed by atoms with van der Waals surface area (Å²) in [7, 11) is 0. The van der Waals surface area contributed by atoms with E-state index in [1.165, 1.54) is 0 Å². The van der Waals surface area contributed by atoms with Crippen molar-refractivity contribution in [2.45, 2.75) is 12.8 Å². The Hall–Kier alpha value is -1.72. The first kappa shape index (κ1) is 12.3. The van der Waals surface area contributed by atoms with Crippen molar-refractivity contribution < 1.29 is 4.79 Å². The fraction of sp³-hybridized carbons (Fsp3) is 0.286. The van der Waals surface area contributed by atoms with Crippen LogP contribution in [0, 0.1) is 5.41 Å². The monoisotopic (exact) mass is 273 g/mol. The number of amides is 1. The number of aromatic nitrogens is 1. The van der Waals surface area contributed by atoms with Gasteiger partial charge in [0.25, 0.3) is 0 Å². The smallest absolute Gasteiger partial charge is 0.231 e. The Kier molecular flexibility index (Phi) is 3.08. The molecule has 4 nitrogen and oxygen atoms in total. The van der Waals surface area contributed by atoms with Gasteiger partial charge >= 0.3 is 0 Å². The van der Waals surface area contributed by atoms with Crippen molar-refractivity contribution in [3.8, 4) is 10.6 Å². The number of anilines is 1. The first-order valence-electron chi connectivity index (χ1n) is 6.25. The molecule has 1 fully saturated rings. The zero-order valence-electron chi connectivity index (χ0n) is 10.4. The maximum Gasteiger partial charge on any atom is 0.231 e. The SMILES string of the molecule is NCC1(C(=O)Nc2ccc(-c3nccs3)cc2)CC1. The number of benzene rings is 1. The zero-order valence-corrected chi connectivity index (χ0v) is 11.2. The van der Waals surface area contributed by atoms with Crippen LogP contribution in [0.25, 0.3) is 10.6 Å². The molecule has 19 heavy (non-hydrogen) atoms. The Morgan fingerprint density at radius 3 is 2.63 bits per heavy atom. The van der Waals surface area contributed by atoms with Crippen molar-refractivity contribution >= 4 is 22.9 Å². The third-order valence-electron chi connectivity index (χ3n) is 3.55. The maximum atomic E-state index is 12.0. The average Bonchev–Trinajstić information content (AvgIpc) is 3.06. The summed E-state index contributed by atoms with van der Waals surface area (Å²) in [5.41, 5.74) is 7.21. The van der Waals surface area contributed by atoms with Gasteiger partial charge in [0.05, 0.1) is 5.41 Å². The van der Waals surface area contributed by atoms with E-state index >= 15 is 0 Å². The molecule has 1 aromatic carbocycles. The standard InChI is InChI=1S/C14H15N3OS/c15-9-14(5-6-14)13(18)17-11-3-1-10(2-4-11)12-16-7-8-19-12/h1-4,7-8H,5-6,9,15H2,(H,17,18). The molecule has 0 aliphatic heterocycles. The molecule has 2 aromatic rings. The predicted octanol–water partition coefficient (Wildman–Crippen LogP) is 2.49. The largest absolute Gasteiger partial charge is 0.329 e. The number of carbonyl (C=O) groups excluding carboxylic acids is 1. The zero-order chi connectivity index (χ0) is 13.3. The maximum absolute atomic E-state index is 12.0. The molecule has 98 valence electrons. The molecule has 1 aliphatic rings. The number of hydrogen-bond donors (Lipinski definition) is 2. The van der Waals surface area contributed by atoms with Crippen LogP contribution < -0.4 is 11.1 Å². The van der Waals surface area contributed by atoms with Gasteiger partial charge in [-0.3, -0.25) is 4.79 Å². The number of rotatable bonds is 4. The fourth-order valence-electron chi connectivity index (χ4n) is 2.00. The summed E-state index contributed by atoms with van der Waals surface area (Å²) >= 11 is 1.60. The summed E-state index contributed by atoms with van der Waals surface area (Å²) < 4.78 is 0. The van der Waals surface area contributed by atoms with E-state index in [-0.39, 0.29) is 11.3 Å². The molecule has 0 saturated heterocycles. The van der Waals surface area contributed by atoms with E-state index in [0.29, 0.717) is 6.54 Å². The highest BCUT2D eigenvalue weighted by molar-refractivity contribution is 7.13. The van der Waals surface area contributed by atoms with E-state index in [1.54, 1.807) is 17.5 Å². The van der Waals surface area contributed by atoms with E-state index in [2.05, 4.69) is 10.3 Å². The average molecular weight is 273 g/mol. The number of nitrogens with one attached hydrogen (secondary N) is 1. The van der Waals surface area contributed by atoms with Crippen molar-refractivity contribution in [3.05, 3.63) is 35.8 Å². The normalized spacial score (nSPS) is 16.1. The quantitative estimate of drug-likeness (QED) is 0.899. The van der Waals surface area contributed by atoms with E-state index in [4.69, 9.17) is 5.73 Å². The molecule has 1 aromatic heterocycles. The lowest BCUT2D eigenvalue weighted by molar-refractivity contribution is -0.120. The van der Waals surface area contributed by atoms with Crippen LogP contribution >= 0.6 is 11.3 Å². The summed E-state index contributed by atoms with van der Waals surface area (Å²) in [4.78, 5) is 16.3. The van der Waals surface area contributed by atoms with Gasteiger partial charge in [-0.25, -0.2) is 4.98 Å². The van der Waals surface area contributed by atoms with Gasteiger partial charge in [-0.15, -0.1) is 11.3 Å². The molecular weight excluding hydrogens is 258 g/mol. The van der Waals surface area contributed by atoms with Crippen LogP contribution in [0.2, 0.25) is 0 Å². The van der Waals surface area contributed by atoms with Gasteiger partial charge in [-0.2, -0.15) is 0 Å². The van der Waals surface area contributed by atoms with Crippen molar-refractivity contribution in [1.29, 1.82) is 0 Å². The van der Waals surface area contributed by atoms with Gasteiger partial charge in [0.15, 0.2) is 0 Å². The van der Waals surface area contributed by atoms with Crippen LogP contribution in [0.5, 0.6) is 0 Å². The second-order valence-electron chi connectivity index (χ2n) is 4.85. The molecular formula is C14H15N3OS. The van der Waals surface area contributed by atoms with Gasteiger partial charge in [0, 0.05) is 29.4 Å². The summed E-state index contributed by atoms with van der Waals surface area (Å²) in [6, 6.07) is 7.75. The van der Waals surface area contributed by atoms with E-state index in [0.717, 1.165) is 29.1 Å². The van der Waals surface area contributed by atoms with Crippen LogP contribution in [0.3, 0.4) is 0 Å². The lowest BCUT2D eigenvalue weighted by Gasteiger charge is -2.12. The van der Waals surface area contributed by atoms with Gasteiger partial charge in [-0.1, -0.05) is 0 Å². The number of hydrogen-bond acceptors (Lipinski definition) is 4. The predicted molar refractivity (Wildman–Crippen MR) is 76.9 cm³/mol. The lowest BCUT2D eigenvalue weighted by Crippen LogP contribution is -2.30. The van der Waals surface area contributed by atoms with Crippen molar-refractivity contribution in [1.82, 2.24) is 4.98 Å². The van der Waals surface area contributed by atoms with Gasteiger partial charge < -0.3 is 11.1 Å². The topological polar surface area (TPSA) is 68.0 Å². The van der Waals surface area contributed by atoms with E-state index < -0.39 is 0 Å². The molecule has 1 aliphatic carbocycles. The molecule has 3 N–H and O–H groups in total. The molecule has 1 heterocycles. The third kappa shape index (κ3) is 2.39. The molecule has 1 amide bonds. The summed E-state index contributed by atoms with van der Waals surface area (Å²) in [6.07, 6.45) is 3.58. The number of nitrogens with zero attached hydrogens (tertiary/aromatic N) is 1. The fourth-order valence-corrected chi connectivity index (χ4v) is 2.65. The number of carbonyl (C=O) groups is 1. The van der Waals surface area contributed by atoms with Gasteiger partial charge in [0.1, 0.15) is 5.01 Å². The van der Waals surface area contributed by atoms with Gasteiger partial charge in [0.2, 0.25) is 5.91 Å². The van der Waals surface area contributed by atoms with Crippen molar-refractivity contribution in [3.63, 3.8) is 0 Å². The molecule has 0 radical (unpaired) electrons. The highest BCUT2D eigenvalue weighted by Crippen LogP contribution is 2.45. The second kappa shape index (κ2) is 4.75. The van der Waals surface area contributed by atoms with Crippen molar-refractivity contribution in [2.75, 3.05) is 11.9 Å². The van der Waals surface area contributed by atoms with Crippen LogP contribution in [0.1, 0.15) is 12.8 Å². The minimum Gasteiger partial charge on any atom is -0.329 e. The summed E-state index contributed by atoms with van der Waals surface area (Å²) in [5.74, 6) is 0.0389. The lowest BCUT2D eigenvalue weighted by atomic mass is 10.1. The molecule has 0 spiro atoms. The highest BCUT2D eigenvalue weighted by atomic mass is 32.1. The Bertz CT molecular complexity index is 573. The number of nitrogens with two attached hydrogens (primary N) is 1. The molecule has 5 heteroatoms. The Morgan fingerprint density at radius 2 is 2.11 bits per heavy atom. The molecule has 0 bridgehead atoms. The third-order valence-corrected chi connectivity index (χ3v) is 4.37. The minimum absolute atomic E-state index is 0.0389. The minimum atomic E-state index is -0.312. The van der Waals surface area contributed by atoms with Gasteiger partial charge in [-0.05, 0) is 37.1 Å². The Morgan fingerprint density at radius 1 is 1.37 bits per heavy atom. The first-order chi connectivity index (χ1) is 9.23. The van der Waals surface area contributed by atoms with Crippen LogP contribution in [-0.2, 0) is 4.79 Å². The highest BCUT2D eigenvalue weighted by Gasteiger charge is 2.48.